The lowest BCUT2D eigenvalue weighted by molar-refractivity contribution is 0.263. The molecule has 0 N–H and O–H groups in total. The van der Waals surface area contributed by atoms with Gasteiger partial charge in [-0.15, -0.1) is 0 Å². The minimum atomic E-state index is 0.274. The molecule has 1 aliphatic heterocycles. The monoisotopic (exact) mass is 240 g/mol. The Morgan fingerprint density at radius 3 is 2.78 bits per heavy atom. The van der Waals surface area contributed by atoms with Crippen molar-refractivity contribution in [1.82, 2.24) is 0 Å². The van der Waals surface area contributed by atoms with Crippen LogP contribution in [0, 0.1) is 0 Å². The van der Waals surface area contributed by atoms with Crippen molar-refractivity contribution in [3.8, 4) is 5.75 Å². The molecule has 0 amide bonds. The molecule has 1 aromatic heterocycles. The van der Waals surface area contributed by atoms with E-state index in [0.717, 1.165) is 34.3 Å². The highest BCUT2D eigenvalue weighted by Crippen LogP contribution is 2.31. The van der Waals surface area contributed by atoms with Gasteiger partial charge in [0.15, 0.2) is 0 Å². The number of ether oxygens (including phenoxy) is 2. The normalized spacial score (nSPS) is 18.3. The lowest BCUT2D eigenvalue weighted by Crippen LogP contribution is -2.03. The van der Waals surface area contributed by atoms with Crippen LogP contribution in [0.4, 0.5) is 0 Å². The first-order valence-electron chi connectivity index (χ1n) is 6.06. The van der Waals surface area contributed by atoms with Crippen LogP contribution in [0.25, 0.3) is 21.9 Å². The molecule has 3 aromatic rings. The van der Waals surface area contributed by atoms with Crippen molar-refractivity contribution in [2.75, 3.05) is 13.2 Å². The molecule has 0 spiro atoms. The highest BCUT2D eigenvalue weighted by atomic mass is 16.6. The molecule has 2 aromatic carbocycles. The van der Waals surface area contributed by atoms with E-state index < -0.39 is 0 Å². The van der Waals surface area contributed by atoms with Gasteiger partial charge in [-0.3, -0.25) is 0 Å². The van der Waals surface area contributed by atoms with Crippen molar-refractivity contribution in [2.24, 2.45) is 0 Å². The third-order valence-corrected chi connectivity index (χ3v) is 3.19. The number of epoxide rings is 1. The molecule has 90 valence electrons. The SMILES string of the molecule is c1ccc2c(c1)oc1cc(OC[C@@H]3CO3)ccc12. The summed E-state index contributed by atoms with van der Waals surface area (Å²) in [7, 11) is 0. The summed E-state index contributed by atoms with van der Waals surface area (Å²) in [5, 5.41) is 2.27. The van der Waals surface area contributed by atoms with Crippen molar-refractivity contribution in [3.05, 3.63) is 42.5 Å². The average Bonchev–Trinajstić information content (AvgIpc) is 3.16. The van der Waals surface area contributed by atoms with E-state index in [0.29, 0.717) is 6.61 Å². The van der Waals surface area contributed by atoms with Gasteiger partial charge in [0.1, 0.15) is 29.6 Å². The summed E-state index contributed by atoms with van der Waals surface area (Å²) in [6, 6.07) is 14.0. The van der Waals surface area contributed by atoms with E-state index in [-0.39, 0.29) is 6.10 Å². The number of hydrogen-bond acceptors (Lipinski definition) is 3. The number of benzene rings is 2. The number of hydrogen-bond donors (Lipinski definition) is 0. The predicted molar refractivity (Wildman–Crippen MR) is 69.0 cm³/mol. The van der Waals surface area contributed by atoms with Gasteiger partial charge in [0.05, 0.1) is 6.61 Å². The molecule has 1 fully saturated rings. The topological polar surface area (TPSA) is 34.9 Å². The van der Waals surface area contributed by atoms with Crippen LogP contribution in [0.2, 0.25) is 0 Å². The molecular formula is C15H12O3. The maximum Gasteiger partial charge on any atom is 0.139 e. The Labute approximate surface area is 104 Å². The fourth-order valence-electron chi connectivity index (χ4n) is 2.15. The second kappa shape index (κ2) is 3.75. The van der Waals surface area contributed by atoms with Gasteiger partial charge >= 0.3 is 0 Å². The Balaban J connectivity index is 1.76. The minimum absolute atomic E-state index is 0.274. The first kappa shape index (κ1) is 9.97. The standard InChI is InChI=1S/C15H12O3/c1-2-4-14-12(3-1)13-6-5-10(7-15(13)18-14)16-8-11-9-17-11/h1-7,11H,8-9H2/t11-/m1/s1. The van der Waals surface area contributed by atoms with Gasteiger partial charge in [-0.2, -0.15) is 0 Å². The van der Waals surface area contributed by atoms with E-state index in [9.17, 15) is 0 Å². The van der Waals surface area contributed by atoms with Crippen molar-refractivity contribution >= 4 is 21.9 Å². The van der Waals surface area contributed by atoms with Gasteiger partial charge in [0, 0.05) is 16.8 Å². The predicted octanol–water partition coefficient (Wildman–Crippen LogP) is 3.36. The largest absolute Gasteiger partial charge is 0.491 e. The molecule has 4 rings (SSSR count). The first-order valence-corrected chi connectivity index (χ1v) is 6.06. The Bertz CT molecular complexity index is 710. The maximum absolute atomic E-state index is 5.80. The van der Waals surface area contributed by atoms with Crippen molar-refractivity contribution in [1.29, 1.82) is 0 Å². The van der Waals surface area contributed by atoms with Crippen molar-refractivity contribution < 1.29 is 13.9 Å². The lowest BCUT2D eigenvalue weighted by atomic mass is 10.1. The van der Waals surface area contributed by atoms with E-state index in [1.807, 2.05) is 36.4 Å². The zero-order chi connectivity index (χ0) is 11.9. The fourth-order valence-corrected chi connectivity index (χ4v) is 2.15. The van der Waals surface area contributed by atoms with Gasteiger partial charge < -0.3 is 13.9 Å². The van der Waals surface area contributed by atoms with Gasteiger partial charge in [-0.1, -0.05) is 18.2 Å². The summed E-state index contributed by atoms with van der Waals surface area (Å²) in [4.78, 5) is 0. The number of fused-ring (bicyclic) bond motifs is 3. The Kier molecular flexibility index (Phi) is 2.08. The summed E-state index contributed by atoms with van der Waals surface area (Å²) in [5.74, 6) is 0.831. The summed E-state index contributed by atoms with van der Waals surface area (Å²) >= 11 is 0. The Morgan fingerprint density at radius 2 is 1.89 bits per heavy atom. The quantitative estimate of drug-likeness (QED) is 0.658. The first-order chi connectivity index (χ1) is 8.90. The van der Waals surface area contributed by atoms with Crippen LogP contribution in [-0.2, 0) is 4.74 Å². The van der Waals surface area contributed by atoms with E-state index in [1.165, 1.54) is 0 Å². The van der Waals surface area contributed by atoms with Crippen LogP contribution in [0.3, 0.4) is 0 Å². The van der Waals surface area contributed by atoms with Crippen LogP contribution in [0.15, 0.2) is 46.9 Å². The summed E-state index contributed by atoms with van der Waals surface area (Å²) < 4.78 is 16.6. The van der Waals surface area contributed by atoms with E-state index in [1.54, 1.807) is 0 Å². The highest BCUT2D eigenvalue weighted by molar-refractivity contribution is 6.05. The summed E-state index contributed by atoms with van der Waals surface area (Å²) in [5.41, 5.74) is 1.78. The van der Waals surface area contributed by atoms with E-state index in [4.69, 9.17) is 13.9 Å². The van der Waals surface area contributed by atoms with Gasteiger partial charge in [0.2, 0.25) is 0 Å². The highest BCUT2D eigenvalue weighted by Gasteiger charge is 2.23. The van der Waals surface area contributed by atoms with Crippen molar-refractivity contribution in [3.63, 3.8) is 0 Å². The zero-order valence-electron chi connectivity index (χ0n) is 9.76. The van der Waals surface area contributed by atoms with Gasteiger partial charge in [-0.05, 0) is 18.2 Å². The number of rotatable bonds is 3. The number of para-hydroxylation sites is 1. The van der Waals surface area contributed by atoms with Crippen LogP contribution in [-0.4, -0.2) is 19.3 Å². The number of furan rings is 1. The van der Waals surface area contributed by atoms with E-state index in [2.05, 4.69) is 6.07 Å². The molecule has 18 heavy (non-hydrogen) atoms. The molecule has 2 heterocycles. The summed E-state index contributed by atoms with van der Waals surface area (Å²) in [6.07, 6.45) is 0.274. The Hall–Kier alpha value is -2.00. The second-order valence-electron chi connectivity index (χ2n) is 4.52. The lowest BCUT2D eigenvalue weighted by Gasteiger charge is -2.02. The molecule has 1 atom stereocenters. The molecule has 0 unspecified atom stereocenters. The molecule has 3 nitrogen and oxygen atoms in total. The molecule has 0 radical (unpaired) electrons. The van der Waals surface area contributed by atoms with Crippen LogP contribution in [0.5, 0.6) is 5.75 Å². The fraction of sp³-hybridized carbons (Fsp3) is 0.200. The maximum atomic E-state index is 5.80. The van der Waals surface area contributed by atoms with Crippen LogP contribution >= 0.6 is 0 Å². The molecular weight excluding hydrogens is 228 g/mol. The molecule has 1 saturated heterocycles. The molecule has 1 aliphatic rings. The Morgan fingerprint density at radius 1 is 1.06 bits per heavy atom. The van der Waals surface area contributed by atoms with Gasteiger partial charge in [0.25, 0.3) is 0 Å². The zero-order valence-corrected chi connectivity index (χ0v) is 9.76. The molecule has 0 aliphatic carbocycles. The third-order valence-electron chi connectivity index (χ3n) is 3.19. The van der Waals surface area contributed by atoms with E-state index >= 15 is 0 Å². The van der Waals surface area contributed by atoms with Crippen LogP contribution in [0.1, 0.15) is 0 Å². The molecule has 0 bridgehead atoms. The third kappa shape index (κ3) is 1.64. The molecule has 3 heteroatoms. The molecule has 0 saturated carbocycles. The van der Waals surface area contributed by atoms with Crippen molar-refractivity contribution in [2.45, 2.75) is 6.10 Å². The second-order valence-corrected chi connectivity index (χ2v) is 4.52. The minimum Gasteiger partial charge on any atom is -0.491 e. The van der Waals surface area contributed by atoms with Gasteiger partial charge in [-0.25, -0.2) is 0 Å². The smallest absolute Gasteiger partial charge is 0.139 e. The van der Waals surface area contributed by atoms with Crippen LogP contribution < -0.4 is 4.74 Å². The average molecular weight is 240 g/mol. The summed E-state index contributed by atoms with van der Waals surface area (Å²) in [6.45, 7) is 1.43.